The van der Waals surface area contributed by atoms with Crippen LogP contribution in [-0.2, 0) is 4.79 Å². The molecule has 0 aliphatic rings. The molecular weight excluding hydrogens is 347 g/mol. The minimum atomic E-state index is -0.757. The lowest BCUT2D eigenvalue weighted by molar-refractivity contribution is -0.117. The van der Waals surface area contributed by atoms with E-state index < -0.39 is 17.6 Å². The van der Waals surface area contributed by atoms with Gasteiger partial charge in [0, 0.05) is 12.3 Å². The Bertz CT molecular complexity index is 984. The molecule has 0 fully saturated rings. The Morgan fingerprint density at radius 1 is 1.12 bits per heavy atom. The molecule has 2 heterocycles. The number of benzene rings is 1. The van der Waals surface area contributed by atoms with E-state index in [9.17, 15) is 14.0 Å². The predicted octanol–water partition coefficient (Wildman–Crippen LogP) is 2.60. The highest BCUT2D eigenvalue weighted by atomic mass is 35.5. The average molecular weight is 359 g/mol. The number of fused-ring (bicyclic) bond motifs is 1. The summed E-state index contributed by atoms with van der Waals surface area (Å²) in [5.41, 5.74) is 5.30. The van der Waals surface area contributed by atoms with Gasteiger partial charge in [-0.1, -0.05) is 29.8 Å². The number of hydrazine groups is 1. The fourth-order valence-electron chi connectivity index (χ4n) is 2.16. The van der Waals surface area contributed by atoms with Crippen LogP contribution in [0.3, 0.4) is 0 Å². The third kappa shape index (κ3) is 3.67. The highest BCUT2D eigenvalue weighted by Gasteiger charge is 2.11. The molecule has 0 aliphatic heterocycles. The number of pyridine rings is 1. The summed E-state index contributed by atoms with van der Waals surface area (Å²) in [6.07, 6.45) is 4.41. The van der Waals surface area contributed by atoms with Crippen molar-refractivity contribution >= 4 is 35.1 Å². The van der Waals surface area contributed by atoms with E-state index in [-0.39, 0.29) is 10.7 Å². The van der Waals surface area contributed by atoms with Crippen LogP contribution in [0.5, 0.6) is 0 Å². The summed E-state index contributed by atoms with van der Waals surface area (Å²) in [6.45, 7) is 0. The van der Waals surface area contributed by atoms with Crippen LogP contribution in [0.1, 0.15) is 16.1 Å². The van der Waals surface area contributed by atoms with Gasteiger partial charge in [0.25, 0.3) is 11.8 Å². The van der Waals surface area contributed by atoms with Gasteiger partial charge in [-0.05, 0) is 30.3 Å². The number of imidazole rings is 1. The van der Waals surface area contributed by atoms with Gasteiger partial charge < -0.3 is 0 Å². The second-order valence-corrected chi connectivity index (χ2v) is 5.33. The van der Waals surface area contributed by atoms with E-state index in [1.807, 2.05) is 6.07 Å². The zero-order valence-corrected chi connectivity index (χ0v) is 13.5. The lowest BCUT2D eigenvalue weighted by Gasteiger charge is -2.05. The van der Waals surface area contributed by atoms with Crippen LogP contribution in [0.25, 0.3) is 11.7 Å². The van der Waals surface area contributed by atoms with Crippen LogP contribution in [0, 0.1) is 5.82 Å². The molecule has 0 saturated heterocycles. The van der Waals surface area contributed by atoms with Gasteiger partial charge >= 0.3 is 0 Å². The molecule has 0 spiro atoms. The summed E-state index contributed by atoms with van der Waals surface area (Å²) in [5.74, 6) is -2.04. The van der Waals surface area contributed by atoms with Gasteiger partial charge in [0.15, 0.2) is 5.15 Å². The van der Waals surface area contributed by atoms with E-state index in [1.165, 1.54) is 30.4 Å². The lowest BCUT2D eigenvalue weighted by Crippen LogP contribution is -2.41. The quantitative estimate of drug-likeness (QED) is 0.558. The molecule has 2 aromatic heterocycles. The zero-order chi connectivity index (χ0) is 17.8. The molecule has 0 bridgehead atoms. The molecule has 2 amide bonds. The van der Waals surface area contributed by atoms with E-state index in [0.717, 1.165) is 6.07 Å². The number of halogens is 2. The SMILES string of the molecule is O=C(/C=C/c1c(Cl)nc2ccccn12)NNC(=O)c1ccccc1F. The minimum Gasteiger partial charge on any atom is -0.299 e. The summed E-state index contributed by atoms with van der Waals surface area (Å²) >= 11 is 6.05. The number of nitrogens with zero attached hydrogens (tertiary/aromatic N) is 2. The van der Waals surface area contributed by atoms with Crippen molar-refractivity contribution in [3.63, 3.8) is 0 Å². The Labute approximate surface area is 146 Å². The van der Waals surface area contributed by atoms with Crippen LogP contribution in [0.4, 0.5) is 4.39 Å². The van der Waals surface area contributed by atoms with E-state index in [0.29, 0.717) is 11.3 Å². The summed E-state index contributed by atoms with van der Waals surface area (Å²) in [6, 6.07) is 10.8. The molecule has 8 heteroatoms. The maximum absolute atomic E-state index is 13.5. The van der Waals surface area contributed by atoms with E-state index in [1.54, 1.807) is 22.7 Å². The van der Waals surface area contributed by atoms with E-state index >= 15 is 0 Å². The van der Waals surface area contributed by atoms with Gasteiger partial charge in [-0.15, -0.1) is 0 Å². The molecule has 0 saturated carbocycles. The van der Waals surface area contributed by atoms with Gasteiger partial charge in [0.05, 0.1) is 11.3 Å². The van der Waals surface area contributed by atoms with Crippen molar-refractivity contribution in [2.75, 3.05) is 0 Å². The number of carbonyl (C=O) groups is 2. The number of hydrogen-bond acceptors (Lipinski definition) is 3. The molecule has 0 aliphatic carbocycles. The smallest absolute Gasteiger partial charge is 0.272 e. The summed E-state index contributed by atoms with van der Waals surface area (Å²) < 4.78 is 15.2. The first-order chi connectivity index (χ1) is 12.1. The predicted molar refractivity (Wildman–Crippen MR) is 91.2 cm³/mol. The summed E-state index contributed by atoms with van der Waals surface area (Å²) in [7, 11) is 0. The van der Waals surface area contributed by atoms with Gasteiger partial charge in [-0.25, -0.2) is 9.37 Å². The highest BCUT2D eigenvalue weighted by Crippen LogP contribution is 2.18. The molecule has 1 aromatic carbocycles. The first kappa shape index (κ1) is 16.7. The van der Waals surface area contributed by atoms with Crippen molar-refractivity contribution in [2.45, 2.75) is 0 Å². The van der Waals surface area contributed by atoms with E-state index in [2.05, 4.69) is 15.8 Å². The Morgan fingerprint density at radius 3 is 2.68 bits per heavy atom. The molecule has 3 rings (SSSR count). The van der Waals surface area contributed by atoms with Crippen LogP contribution >= 0.6 is 11.6 Å². The second kappa shape index (κ2) is 7.14. The molecule has 0 radical (unpaired) electrons. The first-order valence-corrected chi connectivity index (χ1v) is 7.59. The van der Waals surface area contributed by atoms with Crippen LogP contribution in [-0.4, -0.2) is 21.2 Å². The number of hydrogen-bond donors (Lipinski definition) is 2. The fraction of sp³-hybridized carbons (Fsp3) is 0. The Hall–Kier alpha value is -3.19. The van der Waals surface area contributed by atoms with Gasteiger partial charge in [0.1, 0.15) is 11.5 Å². The molecule has 2 N–H and O–H groups in total. The Balaban J connectivity index is 1.66. The number of rotatable bonds is 3. The monoisotopic (exact) mass is 358 g/mol. The van der Waals surface area contributed by atoms with Crippen molar-refractivity contribution in [1.82, 2.24) is 20.2 Å². The minimum absolute atomic E-state index is 0.170. The third-order valence-electron chi connectivity index (χ3n) is 3.33. The van der Waals surface area contributed by atoms with Crippen molar-refractivity contribution in [1.29, 1.82) is 0 Å². The van der Waals surface area contributed by atoms with Crippen molar-refractivity contribution in [3.05, 3.63) is 77.0 Å². The summed E-state index contributed by atoms with van der Waals surface area (Å²) in [4.78, 5) is 27.8. The molecule has 0 unspecified atom stereocenters. The molecule has 6 nitrogen and oxygen atoms in total. The molecular formula is C17H12ClFN4O2. The number of nitrogens with one attached hydrogen (secondary N) is 2. The third-order valence-corrected chi connectivity index (χ3v) is 3.61. The van der Waals surface area contributed by atoms with Crippen molar-refractivity contribution in [2.24, 2.45) is 0 Å². The highest BCUT2D eigenvalue weighted by molar-refractivity contribution is 6.31. The largest absolute Gasteiger partial charge is 0.299 e. The second-order valence-electron chi connectivity index (χ2n) is 4.97. The molecule has 3 aromatic rings. The van der Waals surface area contributed by atoms with Gasteiger partial charge in [0.2, 0.25) is 0 Å². The van der Waals surface area contributed by atoms with Gasteiger partial charge in [-0.2, -0.15) is 0 Å². The molecule has 0 atom stereocenters. The Morgan fingerprint density at radius 2 is 1.88 bits per heavy atom. The lowest BCUT2D eigenvalue weighted by atomic mass is 10.2. The maximum atomic E-state index is 13.5. The zero-order valence-electron chi connectivity index (χ0n) is 12.7. The average Bonchev–Trinajstić information content (AvgIpc) is 2.93. The Kier molecular flexibility index (Phi) is 4.76. The molecule has 25 heavy (non-hydrogen) atoms. The topological polar surface area (TPSA) is 75.5 Å². The van der Waals surface area contributed by atoms with Crippen LogP contribution in [0.2, 0.25) is 5.15 Å². The van der Waals surface area contributed by atoms with Crippen molar-refractivity contribution in [3.8, 4) is 0 Å². The standard InChI is InChI=1S/C17H12ClFN4O2/c18-16-13(23-10-4-3-7-14(23)20-16)8-9-15(24)21-22-17(25)11-5-1-2-6-12(11)19/h1-10H,(H,21,24)(H,22,25)/b9-8+. The van der Waals surface area contributed by atoms with E-state index in [4.69, 9.17) is 11.6 Å². The first-order valence-electron chi connectivity index (χ1n) is 7.22. The van der Waals surface area contributed by atoms with Gasteiger partial charge in [-0.3, -0.25) is 24.8 Å². The molecule has 126 valence electrons. The van der Waals surface area contributed by atoms with Crippen LogP contribution in [0.15, 0.2) is 54.7 Å². The summed E-state index contributed by atoms with van der Waals surface area (Å²) in [5, 5.41) is 0.241. The number of carbonyl (C=O) groups excluding carboxylic acids is 2. The maximum Gasteiger partial charge on any atom is 0.272 e. The van der Waals surface area contributed by atoms with Crippen LogP contribution < -0.4 is 10.9 Å². The number of amides is 2. The fourth-order valence-corrected chi connectivity index (χ4v) is 2.40. The van der Waals surface area contributed by atoms with Crippen molar-refractivity contribution < 1.29 is 14.0 Å². The normalized spacial score (nSPS) is 11.0. The number of aromatic nitrogens is 2.